The van der Waals surface area contributed by atoms with Crippen LogP contribution >= 0.6 is 0 Å². The fourth-order valence-corrected chi connectivity index (χ4v) is 0.465. The first-order chi connectivity index (χ1) is 8.40. The summed E-state index contributed by atoms with van der Waals surface area (Å²) in [4.78, 5) is 3.35. The van der Waals surface area contributed by atoms with Crippen molar-refractivity contribution in [1.82, 2.24) is 5.32 Å². The zero-order valence-corrected chi connectivity index (χ0v) is 12.1. The van der Waals surface area contributed by atoms with Crippen molar-refractivity contribution in [3.8, 4) is 0 Å². The van der Waals surface area contributed by atoms with Gasteiger partial charge in [0.1, 0.15) is 0 Å². The van der Waals surface area contributed by atoms with Gasteiger partial charge in [-0.1, -0.05) is 0 Å². The molecule has 10 nitrogen and oxygen atoms in total. The third-order valence-electron chi connectivity index (χ3n) is 1.39. The SMILES string of the molecule is COC(=N)N=C(N)OC.COC([NH-])NC([NH-])OC.[Cu+]. The molecule has 0 aliphatic heterocycles. The van der Waals surface area contributed by atoms with E-state index in [4.69, 9.17) is 22.6 Å². The van der Waals surface area contributed by atoms with Gasteiger partial charge >= 0.3 is 23.1 Å². The number of nitrogens with one attached hydrogen (secondary N) is 4. The molecule has 19 heavy (non-hydrogen) atoms. The van der Waals surface area contributed by atoms with Gasteiger partial charge in [0.05, 0.1) is 14.2 Å². The molecule has 0 spiro atoms. The summed E-state index contributed by atoms with van der Waals surface area (Å²) in [6.07, 6.45) is -1.76. The van der Waals surface area contributed by atoms with Crippen LogP contribution in [-0.4, -0.2) is 53.2 Å². The third kappa shape index (κ3) is 17.1. The number of rotatable bonds is 4. The van der Waals surface area contributed by atoms with Crippen molar-refractivity contribution in [2.45, 2.75) is 12.7 Å². The minimum atomic E-state index is -0.882. The summed E-state index contributed by atoms with van der Waals surface area (Å²) >= 11 is 0. The van der Waals surface area contributed by atoms with Crippen molar-refractivity contribution in [2.24, 2.45) is 10.7 Å². The molecule has 0 aliphatic rings. The zero-order valence-electron chi connectivity index (χ0n) is 11.1. The van der Waals surface area contributed by atoms with Gasteiger partial charge in [-0.2, -0.15) is 0 Å². The van der Waals surface area contributed by atoms with E-state index in [1.54, 1.807) is 0 Å². The van der Waals surface area contributed by atoms with Crippen molar-refractivity contribution < 1.29 is 36.0 Å². The normalized spacial score (nSPS) is 13.3. The van der Waals surface area contributed by atoms with Gasteiger partial charge in [0.15, 0.2) is 0 Å². The summed E-state index contributed by atoms with van der Waals surface area (Å²) in [6.45, 7) is 0. The van der Waals surface area contributed by atoms with E-state index < -0.39 is 12.7 Å². The fraction of sp³-hybridized carbons (Fsp3) is 0.750. The van der Waals surface area contributed by atoms with E-state index in [1.165, 1.54) is 28.4 Å². The number of nitrogens with two attached hydrogens (primary N) is 1. The van der Waals surface area contributed by atoms with Crippen LogP contribution in [0.3, 0.4) is 0 Å². The first-order valence-corrected chi connectivity index (χ1v) is 4.65. The minimum Gasteiger partial charge on any atom is -0.639 e. The Hall–Kier alpha value is -0.941. The molecule has 0 saturated heterocycles. The average Bonchev–Trinajstić information content (AvgIpc) is 2.38. The summed E-state index contributed by atoms with van der Waals surface area (Å²) in [5.74, 6) is 0. The van der Waals surface area contributed by atoms with E-state index in [9.17, 15) is 0 Å². The Balaban J connectivity index is -0.000000256. The topological polar surface area (TPSA) is 159 Å². The third-order valence-corrected chi connectivity index (χ3v) is 1.39. The van der Waals surface area contributed by atoms with Gasteiger partial charge in [-0.05, 0) is 0 Å². The van der Waals surface area contributed by atoms with Crippen molar-refractivity contribution in [1.29, 1.82) is 5.41 Å². The number of hydrogen-bond donors (Lipinski definition) is 3. The monoisotopic (exact) mass is 327 g/mol. The Kier molecular flexibility index (Phi) is 18.4. The van der Waals surface area contributed by atoms with E-state index in [1.807, 2.05) is 0 Å². The number of ether oxygens (including phenoxy) is 4. The maximum absolute atomic E-state index is 6.92. The summed E-state index contributed by atoms with van der Waals surface area (Å²) < 4.78 is 17.7. The molecule has 0 aromatic rings. The number of nitrogens with zero attached hydrogens (tertiary/aromatic N) is 1. The van der Waals surface area contributed by atoms with Crippen LogP contribution in [0.2, 0.25) is 0 Å². The molecular formula is C8H20CuN6O4-. The molecule has 0 aromatic heterocycles. The zero-order chi connectivity index (χ0) is 14.6. The predicted molar refractivity (Wildman–Crippen MR) is 66.7 cm³/mol. The molecule has 0 aromatic carbocycles. The van der Waals surface area contributed by atoms with Crippen LogP contribution in [0.15, 0.2) is 4.99 Å². The van der Waals surface area contributed by atoms with Gasteiger partial charge in [-0.25, -0.2) is 5.41 Å². The van der Waals surface area contributed by atoms with E-state index in [0.29, 0.717) is 0 Å². The van der Waals surface area contributed by atoms with E-state index in [2.05, 4.69) is 29.3 Å². The Labute approximate surface area is 122 Å². The van der Waals surface area contributed by atoms with Crippen LogP contribution < -0.4 is 11.1 Å². The maximum Gasteiger partial charge on any atom is 1.00 e. The molecule has 0 saturated carbocycles. The van der Waals surface area contributed by atoms with Gasteiger partial charge in [-0.3, -0.25) is 0 Å². The summed E-state index contributed by atoms with van der Waals surface area (Å²) in [5, 5.41) is 9.17. The van der Waals surface area contributed by atoms with Gasteiger partial charge in [0, 0.05) is 26.9 Å². The molecule has 0 radical (unpaired) electrons. The molecule has 2 atom stereocenters. The fourth-order valence-electron chi connectivity index (χ4n) is 0.465. The summed E-state index contributed by atoms with van der Waals surface area (Å²) in [6, 6.07) is -0.351. The largest absolute Gasteiger partial charge is 1.00 e. The molecule has 0 heterocycles. The van der Waals surface area contributed by atoms with E-state index in [-0.39, 0.29) is 29.1 Å². The second kappa shape index (κ2) is 15.1. The van der Waals surface area contributed by atoms with Crippen LogP contribution in [0.5, 0.6) is 0 Å². The molecule has 0 fully saturated rings. The number of aliphatic imine (C=N–C) groups is 1. The first kappa shape index (κ1) is 23.2. The molecule has 2 unspecified atom stereocenters. The van der Waals surface area contributed by atoms with Crippen LogP contribution in [0.25, 0.3) is 11.5 Å². The molecule has 0 rings (SSSR count). The Bertz CT molecular complexity index is 247. The first-order valence-electron chi connectivity index (χ1n) is 4.65. The van der Waals surface area contributed by atoms with Crippen LogP contribution in [-0.2, 0) is 36.0 Å². The number of methoxy groups -OCH3 is 4. The van der Waals surface area contributed by atoms with Gasteiger partial charge in [0.25, 0.3) is 6.02 Å². The molecule has 0 bridgehead atoms. The standard InChI is InChI=1S/C4H11N3O2.C4H9N3O2.Cu/c2*1-8-3(5)7-4(6)9-2;/h3-7H,1-2H3;1-2H3,(H3,5,6,7);/q-2;;+1. The van der Waals surface area contributed by atoms with Gasteiger partial charge in [-0.15, -0.1) is 4.99 Å². The van der Waals surface area contributed by atoms with Crippen LogP contribution in [0, 0.1) is 5.41 Å². The quantitative estimate of drug-likeness (QED) is 0.286. The van der Waals surface area contributed by atoms with E-state index in [0.717, 1.165) is 0 Å². The second-order valence-corrected chi connectivity index (χ2v) is 2.56. The average molecular weight is 328 g/mol. The summed E-state index contributed by atoms with van der Waals surface area (Å²) in [7, 11) is 5.46. The second-order valence-electron chi connectivity index (χ2n) is 2.56. The van der Waals surface area contributed by atoms with Crippen molar-refractivity contribution in [3.05, 3.63) is 11.5 Å². The maximum atomic E-state index is 6.92. The Morgan fingerprint density at radius 3 is 1.79 bits per heavy atom. The molecule has 118 valence electrons. The Morgan fingerprint density at radius 2 is 1.53 bits per heavy atom. The van der Waals surface area contributed by atoms with Crippen molar-refractivity contribution >= 4 is 12.0 Å². The number of amidine groups is 2. The van der Waals surface area contributed by atoms with Crippen LogP contribution in [0.4, 0.5) is 0 Å². The van der Waals surface area contributed by atoms with Crippen molar-refractivity contribution in [3.63, 3.8) is 0 Å². The number of hydrogen-bond acceptors (Lipinski definition) is 6. The molecule has 11 heteroatoms. The molecule has 6 N–H and O–H groups in total. The molecule has 0 amide bonds. The minimum absolute atomic E-state index is 0. The summed E-state index contributed by atoms with van der Waals surface area (Å²) in [5.41, 5.74) is 18.9. The van der Waals surface area contributed by atoms with Crippen LogP contribution in [0.1, 0.15) is 0 Å². The predicted octanol–water partition coefficient (Wildman–Crippen LogP) is 0.0666. The van der Waals surface area contributed by atoms with Gasteiger partial charge in [0.2, 0.25) is 0 Å². The molecular weight excluding hydrogens is 308 g/mol. The van der Waals surface area contributed by atoms with Crippen molar-refractivity contribution in [2.75, 3.05) is 28.4 Å². The van der Waals surface area contributed by atoms with Gasteiger partial charge < -0.3 is 41.5 Å². The smallest absolute Gasteiger partial charge is 0.639 e. The Morgan fingerprint density at radius 1 is 1.11 bits per heavy atom. The molecule has 0 aliphatic carbocycles. The van der Waals surface area contributed by atoms with E-state index >= 15 is 0 Å².